The molecule has 2 aromatic rings. The lowest BCUT2D eigenvalue weighted by Crippen LogP contribution is -2.41. The zero-order valence-corrected chi connectivity index (χ0v) is 15.9. The lowest BCUT2D eigenvalue weighted by molar-refractivity contribution is -0.120. The average Bonchev–Trinajstić information content (AvgIpc) is 3.16. The molecule has 2 N–H and O–H groups in total. The molecule has 140 valence electrons. The fraction of sp³-hybridized carbons (Fsp3) is 0.500. The van der Waals surface area contributed by atoms with E-state index < -0.39 is 0 Å². The first kappa shape index (κ1) is 18.6. The summed E-state index contributed by atoms with van der Waals surface area (Å²) in [6, 6.07) is 9.59. The van der Waals surface area contributed by atoms with Crippen molar-refractivity contribution in [3.63, 3.8) is 0 Å². The Bertz CT molecular complexity index is 772. The van der Waals surface area contributed by atoms with Gasteiger partial charge in [0.15, 0.2) is 0 Å². The molecule has 1 amide bonds. The van der Waals surface area contributed by atoms with Crippen LogP contribution >= 0.6 is 0 Å². The van der Waals surface area contributed by atoms with Crippen molar-refractivity contribution in [2.45, 2.75) is 46.3 Å². The van der Waals surface area contributed by atoms with Crippen LogP contribution in [0.15, 0.2) is 30.3 Å². The first-order chi connectivity index (χ1) is 12.4. The van der Waals surface area contributed by atoms with Crippen LogP contribution in [-0.4, -0.2) is 50.9 Å². The summed E-state index contributed by atoms with van der Waals surface area (Å²) in [4.78, 5) is 14.8. The van der Waals surface area contributed by atoms with E-state index in [9.17, 15) is 9.90 Å². The van der Waals surface area contributed by atoms with Gasteiger partial charge in [-0.3, -0.25) is 9.69 Å². The van der Waals surface area contributed by atoms with Crippen LogP contribution in [0.25, 0.3) is 5.69 Å². The third kappa shape index (κ3) is 3.52. The normalized spacial score (nSPS) is 21.7. The van der Waals surface area contributed by atoms with Gasteiger partial charge in [-0.15, -0.1) is 0 Å². The molecule has 0 unspecified atom stereocenters. The molecule has 1 aliphatic heterocycles. The molecule has 2 heterocycles. The smallest absolute Gasteiger partial charge is 0.241 e. The third-order valence-electron chi connectivity index (χ3n) is 5.43. The first-order valence-electron chi connectivity index (χ1n) is 9.27. The van der Waals surface area contributed by atoms with Crippen LogP contribution in [0, 0.1) is 19.8 Å². The summed E-state index contributed by atoms with van der Waals surface area (Å²) < 4.78 is 1.85. The van der Waals surface area contributed by atoms with Crippen molar-refractivity contribution in [3.8, 4) is 5.69 Å². The molecular formula is C20H28N4O2. The molecule has 3 rings (SSSR count). The number of anilines is 1. The van der Waals surface area contributed by atoms with Gasteiger partial charge >= 0.3 is 0 Å². The lowest BCUT2D eigenvalue weighted by atomic mass is 10.0. The maximum atomic E-state index is 12.8. The Morgan fingerprint density at radius 1 is 1.31 bits per heavy atom. The molecule has 1 aromatic carbocycles. The number of aliphatic hydroxyl groups excluding tert-OH is 1. The van der Waals surface area contributed by atoms with Gasteiger partial charge in [0.05, 0.1) is 34.9 Å². The number of nitrogens with one attached hydrogen (secondary N) is 1. The molecule has 1 saturated heterocycles. The van der Waals surface area contributed by atoms with E-state index in [1.165, 1.54) is 0 Å². The maximum absolute atomic E-state index is 12.8. The largest absolute Gasteiger partial charge is 0.391 e. The average molecular weight is 356 g/mol. The summed E-state index contributed by atoms with van der Waals surface area (Å²) in [5.41, 5.74) is 3.43. The zero-order valence-electron chi connectivity index (χ0n) is 15.9. The number of nitrogens with zero attached hydrogens (tertiary/aromatic N) is 3. The summed E-state index contributed by atoms with van der Waals surface area (Å²) in [6.45, 7) is 9.14. The standard InChI is InChI=1S/C20H28N4O2/c1-5-16-11-23(12-18(16)25)15(4)20(26)21-19-13(2)22-24(14(19)3)17-9-7-6-8-10-17/h6-10,15-16,18,25H,5,11-12H2,1-4H3,(H,21,26)/t15-,16+,18-/m0/s1. The molecule has 0 saturated carbocycles. The van der Waals surface area contributed by atoms with E-state index in [0.29, 0.717) is 6.54 Å². The van der Waals surface area contributed by atoms with E-state index in [4.69, 9.17) is 0 Å². The molecular weight excluding hydrogens is 328 g/mol. The Morgan fingerprint density at radius 3 is 2.62 bits per heavy atom. The Morgan fingerprint density at radius 2 is 2.00 bits per heavy atom. The van der Waals surface area contributed by atoms with E-state index in [1.54, 1.807) is 0 Å². The monoisotopic (exact) mass is 356 g/mol. The van der Waals surface area contributed by atoms with Crippen molar-refractivity contribution in [1.82, 2.24) is 14.7 Å². The highest BCUT2D eigenvalue weighted by molar-refractivity contribution is 5.95. The van der Waals surface area contributed by atoms with Crippen LogP contribution in [0.5, 0.6) is 0 Å². The molecule has 0 bridgehead atoms. The van der Waals surface area contributed by atoms with Crippen molar-refractivity contribution < 1.29 is 9.90 Å². The summed E-state index contributed by atoms with van der Waals surface area (Å²) >= 11 is 0. The lowest BCUT2D eigenvalue weighted by Gasteiger charge is -2.23. The van der Waals surface area contributed by atoms with E-state index in [1.807, 2.05) is 55.8 Å². The van der Waals surface area contributed by atoms with Crippen molar-refractivity contribution in [3.05, 3.63) is 41.7 Å². The molecule has 1 aliphatic rings. The van der Waals surface area contributed by atoms with E-state index in [0.717, 1.165) is 35.7 Å². The van der Waals surface area contributed by atoms with Crippen molar-refractivity contribution in [1.29, 1.82) is 0 Å². The van der Waals surface area contributed by atoms with Crippen molar-refractivity contribution in [2.24, 2.45) is 5.92 Å². The highest BCUT2D eigenvalue weighted by atomic mass is 16.3. The van der Waals surface area contributed by atoms with Gasteiger partial charge < -0.3 is 10.4 Å². The predicted molar refractivity (Wildman–Crippen MR) is 102 cm³/mol. The Labute approximate surface area is 154 Å². The Balaban J connectivity index is 1.75. The number of hydrogen-bond acceptors (Lipinski definition) is 4. The van der Waals surface area contributed by atoms with Gasteiger partial charge in [0.2, 0.25) is 5.91 Å². The van der Waals surface area contributed by atoms with Gasteiger partial charge in [-0.1, -0.05) is 25.1 Å². The SMILES string of the molecule is CC[C@@H]1CN([C@@H](C)C(=O)Nc2c(C)nn(-c3ccccc3)c2C)C[C@@H]1O. The summed E-state index contributed by atoms with van der Waals surface area (Å²) in [7, 11) is 0. The van der Waals surface area contributed by atoms with Crippen molar-refractivity contribution >= 4 is 11.6 Å². The quantitative estimate of drug-likeness (QED) is 0.864. The number of likely N-dealkylation sites (tertiary alicyclic amines) is 1. The molecule has 1 fully saturated rings. The van der Waals surface area contributed by atoms with Crippen LogP contribution in [0.1, 0.15) is 31.7 Å². The molecule has 6 heteroatoms. The Kier molecular flexibility index (Phi) is 5.44. The number of benzene rings is 1. The number of para-hydroxylation sites is 1. The van der Waals surface area contributed by atoms with E-state index in [2.05, 4.69) is 22.2 Å². The van der Waals surface area contributed by atoms with Crippen LogP contribution < -0.4 is 5.32 Å². The summed E-state index contributed by atoms with van der Waals surface area (Å²) in [5, 5.41) is 17.7. The second kappa shape index (κ2) is 7.60. The predicted octanol–water partition coefficient (Wildman–Crippen LogP) is 2.52. The molecule has 6 nitrogen and oxygen atoms in total. The third-order valence-corrected chi connectivity index (χ3v) is 5.43. The highest BCUT2D eigenvalue weighted by Crippen LogP contribution is 2.25. The number of aromatic nitrogens is 2. The van der Waals surface area contributed by atoms with Gasteiger partial charge in [0.1, 0.15) is 0 Å². The minimum Gasteiger partial charge on any atom is -0.391 e. The van der Waals surface area contributed by atoms with Crippen LogP contribution in [0.4, 0.5) is 5.69 Å². The maximum Gasteiger partial charge on any atom is 0.241 e. The van der Waals surface area contributed by atoms with E-state index in [-0.39, 0.29) is 24.0 Å². The number of rotatable bonds is 5. The van der Waals surface area contributed by atoms with Crippen LogP contribution in [-0.2, 0) is 4.79 Å². The first-order valence-corrected chi connectivity index (χ1v) is 9.27. The van der Waals surface area contributed by atoms with Gasteiger partial charge in [-0.25, -0.2) is 4.68 Å². The zero-order chi connectivity index (χ0) is 18.8. The molecule has 0 aliphatic carbocycles. The molecule has 0 spiro atoms. The number of aryl methyl sites for hydroxylation is 1. The van der Waals surface area contributed by atoms with Gasteiger partial charge in [0, 0.05) is 13.1 Å². The fourth-order valence-electron chi connectivity index (χ4n) is 3.64. The minimum atomic E-state index is -0.348. The number of hydrogen-bond donors (Lipinski definition) is 2. The number of β-amino-alcohol motifs (C(OH)–C–C–N with tert-alkyl or cyclic N) is 1. The van der Waals surface area contributed by atoms with Gasteiger partial charge in [-0.05, 0) is 45.2 Å². The topological polar surface area (TPSA) is 70.4 Å². The molecule has 3 atom stereocenters. The van der Waals surface area contributed by atoms with Crippen molar-refractivity contribution in [2.75, 3.05) is 18.4 Å². The molecule has 1 aromatic heterocycles. The van der Waals surface area contributed by atoms with Crippen LogP contribution in [0.3, 0.4) is 0 Å². The number of carbonyl (C=O) groups excluding carboxylic acids is 1. The second-order valence-corrected chi connectivity index (χ2v) is 7.15. The van der Waals surface area contributed by atoms with Crippen LogP contribution in [0.2, 0.25) is 0 Å². The number of aliphatic hydroxyl groups is 1. The number of amides is 1. The summed E-state index contributed by atoms with van der Waals surface area (Å²) in [6.07, 6.45) is 0.577. The minimum absolute atomic E-state index is 0.0623. The Hall–Kier alpha value is -2.18. The second-order valence-electron chi connectivity index (χ2n) is 7.15. The highest BCUT2D eigenvalue weighted by Gasteiger charge is 2.35. The van der Waals surface area contributed by atoms with Gasteiger partial charge in [-0.2, -0.15) is 5.10 Å². The fourth-order valence-corrected chi connectivity index (χ4v) is 3.64. The molecule has 0 radical (unpaired) electrons. The van der Waals surface area contributed by atoms with Gasteiger partial charge in [0.25, 0.3) is 0 Å². The van der Waals surface area contributed by atoms with E-state index >= 15 is 0 Å². The summed E-state index contributed by atoms with van der Waals surface area (Å²) in [5.74, 6) is 0.183. The molecule has 26 heavy (non-hydrogen) atoms. The number of carbonyl (C=O) groups is 1.